The molecule has 0 saturated carbocycles. The molecule has 0 unspecified atom stereocenters. The Kier molecular flexibility index (Phi) is 3.31. The quantitative estimate of drug-likeness (QED) is 0.711. The Morgan fingerprint density at radius 1 is 1.54 bits per heavy atom. The fourth-order valence-electron chi connectivity index (χ4n) is 1.11. The van der Waals surface area contributed by atoms with Gasteiger partial charge in [-0.1, -0.05) is 12.1 Å². The summed E-state index contributed by atoms with van der Waals surface area (Å²) in [5.41, 5.74) is 1.03. The molecule has 1 aromatic carbocycles. The predicted octanol–water partition coefficient (Wildman–Crippen LogP) is 1.50. The number of amides is 1. The highest BCUT2D eigenvalue weighted by Gasteiger charge is 2.03. The Bertz CT molecular complexity index is 286. The second-order valence-corrected chi connectivity index (χ2v) is 2.78. The summed E-state index contributed by atoms with van der Waals surface area (Å²) in [5.74, 6) is 0.803. The van der Waals surface area contributed by atoms with Gasteiger partial charge in [-0.05, 0) is 24.6 Å². The van der Waals surface area contributed by atoms with Gasteiger partial charge in [0.05, 0.1) is 13.2 Å². The maximum Gasteiger partial charge on any atom is 0.207 e. The SMILES string of the molecule is COc1cccc([C@H](C)NC=O)c1. The molecule has 0 aliphatic carbocycles. The lowest BCUT2D eigenvalue weighted by Gasteiger charge is -2.11. The van der Waals surface area contributed by atoms with Crippen molar-refractivity contribution >= 4 is 6.41 Å². The molecule has 0 aromatic heterocycles. The number of hydrogen-bond acceptors (Lipinski definition) is 2. The van der Waals surface area contributed by atoms with Crippen molar-refractivity contribution in [3.63, 3.8) is 0 Å². The number of carbonyl (C=O) groups excluding carboxylic acids is 1. The first-order valence-corrected chi connectivity index (χ1v) is 4.11. The summed E-state index contributed by atoms with van der Waals surface area (Å²) in [6.45, 7) is 1.92. The lowest BCUT2D eigenvalue weighted by molar-refractivity contribution is -0.110. The molecule has 1 N–H and O–H groups in total. The van der Waals surface area contributed by atoms with Gasteiger partial charge in [-0.3, -0.25) is 4.79 Å². The molecule has 0 fully saturated rings. The number of ether oxygens (including phenoxy) is 1. The maximum absolute atomic E-state index is 10.2. The molecule has 70 valence electrons. The molecule has 0 aliphatic rings. The fourth-order valence-corrected chi connectivity index (χ4v) is 1.11. The Morgan fingerprint density at radius 3 is 2.92 bits per heavy atom. The maximum atomic E-state index is 10.2. The normalized spacial score (nSPS) is 11.8. The van der Waals surface area contributed by atoms with Crippen molar-refractivity contribution < 1.29 is 9.53 Å². The zero-order chi connectivity index (χ0) is 9.68. The third-order valence-corrected chi connectivity index (χ3v) is 1.91. The van der Waals surface area contributed by atoms with Crippen LogP contribution in [0, 0.1) is 0 Å². The molecular weight excluding hydrogens is 166 g/mol. The molecular formula is C10H13NO2. The molecule has 0 saturated heterocycles. The van der Waals surface area contributed by atoms with Crippen molar-refractivity contribution in [3.8, 4) is 5.75 Å². The van der Waals surface area contributed by atoms with Gasteiger partial charge in [0.15, 0.2) is 0 Å². The topological polar surface area (TPSA) is 38.3 Å². The van der Waals surface area contributed by atoms with Crippen molar-refractivity contribution in [1.82, 2.24) is 5.32 Å². The average molecular weight is 179 g/mol. The summed E-state index contributed by atoms with van der Waals surface area (Å²) in [6.07, 6.45) is 0.699. The predicted molar refractivity (Wildman–Crippen MR) is 50.6 cm³/mol. The van der Waals surface area contributed by atoms with Crippen LogP contribution in [0.25, 0.3) is 0 Å². The van der Waals surface area contributed by atoms with E-state index in [9.17, 15) is 4.79 Å². The van der Waals surface area contributed by atoms with E-state index in [1.165, 1.54) is 0 Å². The van der Waals surface area contributed by atoms with Crippen LogP contribution in [-0.2, 0) is 4.79 Å². The smallest absolute Gasteiger partial charge is 0.207 e. The lowest BCUT2D eigenvalue weighted by atomic mass is 10.1. The monoisotopic (exact) mass is 179 g/mol. The largest absolute Gasteiger partial charge is 0.497 e. The van der Waals surface area contributed by atoms with E-state index in [0.29, 0.717) is 6.41 Å². The van der Waals surface area contributed by atoms with Gasteiger partial charge in [-0.15, -0.1) is 0 Å². The number of hydrogen-bond donors (Lipinski definition) is 1. The van der Waals surface area contributed by atoms with Crippen LogP contribution in [0.1, 0.15) is 18.5 Å². The van der Waals surface area contributed by atoms with Gasteiger partial charge in [-0.2, -0.15) is 0 Å². The number of benzene rings is 1. The van der Waals surface area contributed by atoms with Gasteiger partial charge in [-0.25, -0.2) is 0 Å². The van der Waals surface area contributed by atoms with Crippen LogP contribution in [0.4, 0.5) is 0 Å². The van der Waals surface area contributed by atoms with Gasteiger partial charge in [0.1, 0.15) is 5.75 Å². The van der Waals surface area contributed by atoms with Crippen molar-refractivity contribution in [1.29, 1.82) is 0 Å². The molecule has 1 amide bonds. The molecule has 0 aliphatic heterocycles. The van der Waals surface area contributed by atoms with Crippen molar-refractivity contribution in [3.05, 3.63) is 29.8 Å². The third kappa shape index (κ3) is 2.47. The Labute approximate surface area is 77.7 Å². The number of nitrogens with one attached hydrogen (secondary N) is 1. The summed E-state index contributed by atoms with van der Waals surface area (Å²) >= 11 is 0. The molecule has 13 heavy (non-hydrogen) atoms. The van der Waals surface area contributed by atoms with Crippen LogP contribution in [0.15, 0.2) is 24.3 Å². The molecule has 0 radical (unpaired) electrons. The van der Waals surface area contributed by atoms with Crippen LogP contribution in [0.2, 0.25) is 0 Å². The van der Waals surface area contributed by atoms with E-state index in [4.69, 9.17) is 4.74 Å². The minimum Gasteiger partial charge on any atom is -0.497 e. The zero-order valence-corrected chi connectivity index (χ0v) is 7.78. The van der Waals surface area contributed by atoms with E-state index in [1.807, 2.05) is 31.2 Å². The van der Waals surface area contributed by atoms with Crippen molar-refractivity contribution in [2.75, 3.05) is 7.11 Å². The van der Waals surface area contributed by atoms with Crippen molar-refractivity contribution in [2.45, 2.75) is 13.0 Å². The summed E-state index contributed by atoms with van der Waals surface area (Å²) in [4.78, 5) is 10.2. The molecule has 0 spiro atoms. The second kappa shape index (κ2) is 4.50. The van der Waals surface area contributed by atoms with Crippen LogP contribution in [0.3, 0.4) is 0 Å². The lowest BCUT2D eigenvalue weighted by Crippen LogP contribution is -2.15. The van der Waals surface area contributed by atoms with Crippen molar-refractivity contribution in [2.24, 2.45) is 0 Å². The first-order chi connectivity index (χ1) is 6.27. The van der Waals surface area contributed by atoms with E-state index in [0.717, 1.165) is 11.3 Å². The highest BCUT2D eigenvalue weighted by atomic mass is 16.5. The Hall–Kier alpha value is -1.51. The molecule has 0 heterocycles. The first-order valence-electron chi connectivity index (χ1n) is 4.11. The fraction of sp³-hybridized carbons (Fsp3) is 0.300. The van der Waals surface area contributed by atoms with E-state index in [-0.39, 0.29) is 6.04 Å². The van der Waals surface area contributed by atoms with E-state index in [1.54, 1.807) is 7.11 Å². The highest BCUT2D eigenvalue weighted by Crippen LogP contribution is 2.17. The second-order valence-electron chi connectivity index (χ2n) is 2.78. The minimum absolute atomic E-state index is 0.0209. The average Bonchev–Trinajstić information content (AvgIpc) is 2.18. The van der Waals surface area contributed by atoms with Crippen LogP contribution < -0.4 is 10.1 Å². The standard InChI is InChI=1S/C10H13NO2/c1-8(11-7-12)9-4-3-5-10(6-9)13-2/h3-8H,1-2H3,(H,11,12)/t8-/m0/s1. The first kappa shape index (κ1) is 9.58. The molecule has 3 heteroatoms. The van der Waals surface area contributed by atoms with E-state index >= 15 is 0 Å². The Balaban J connectivity index is 2.81. The number of carbonyl (C=O) groups is 1. The minimum atomic E-state index is 0.0209. The molecule has 1 aromatic rings. The molecule has 1 rings (SSSR count). The molecule has 3 nitrogen and oxygen atoms in total. The van der Waals surface area contributed by atoms with E-state index in [2.05, 4.69) is 5.32 Å². The van der Waals surface area contributed by atoms with E-state index < -0.39 is 0 Å². The number of rotatable bonds is 4. The zero-order valence-electron chi connectivity index (χ0n) is 7.78. The van der Waals surface area contributed by atoms with Gasteiger partial charge in [0.2, 0.25) is 6.41 Å². The van der Waals surface area contributed by atoms with Gasteiger partial charge >= 0.3 is 0 Å². The molecule has 0 bridgehead atoms. The summed E-state index contributed by atoms with van der Waals surface area (Å²) in [5, 5.41) is 2.68. The third-order valence-electron chi connectivity index (χ3n) is 1.91. The summed E-state index contributed by atoms with van der Waals surface area (Å²) in [6, 6.07) is 7.65. The van der Waals surface area contributed by atoms with Gasteiger partial charge < -0.3 is 10.1 Å². The van der Waals surface area contributed by atoms with Crippen LogP contribution in [-0.4, -0.2) is 13.5 Å². The Morgan fingerprint density at radius 2 is 2.31 bits per heavy atom. The van der Waals surface area contributed by atoms with Gasteiger partial charge in [0, 0.05) is 0 Å². The number of methoxy groups -OCH3 is 1. The highest BCUT2D eigenvalue weighted by molar-refractivity contribution is 5.48. The molecule has 1 atom stereocenters. The van der Waals surface area contributed by atoms with Crippen LogP contribution in [0.5, 0.6) is 5.75 Å². The van der Waals surface area contributed by atoms with Gasteiger partial charge in [0.25, 0.3) is 0 Å². The summed E-state index contributed by atoms with van der Waals surface area (Å²) in [7, 11) is 1.62. The summed E-state index contributed by atoms with van der Waals surface area (Å²) < 4.78 is 5.07. The van der Waals surface area contributed by atoms with Crippen LogP contribution >= 0.6 is 0 Å².